The lowest BCUT2D eigenvalue weighted by Gasteiger charge is -2.11. The number of hydrogen-bond acceptors (Lipinski definition) is 7. The van der Waals surface area contributed by atoms with Gasteiger partial charge in [-0.05, 0) is 37.0 Å². The van der Waals surface area contributed by atoms with E-state index in [0.717, 1.165) is 44.7 Å². The van der Waals surface area contributed by atoms with Gasteiger partial charge in [-0.15, -0.1) is 5.10 Å². The number of nitrogens with zero attached hydrogens (tertiary/aromatic N) is 3. The van der Waals surface area contributed by atoms with Gasteiger partial charge in [0.2, 0.25) is 5.95 Å². The Morgan fingerprint density at radius 1 is 1.33 bits per heavy atom. The molecular formula is C17H23N5O2. The average Bonchev–Trinajstić information content (AvgIpc) is 3.14. The molecule has 1 unspecified atom stereocenters. The Morgan fingerprint density at radius 3 is 3.12 bits per heavy atom. The molecule has 1 atom stereocenters. The maximum absolute atomic E-state index is 5.57. The van der Waals surface area contributed by atoms with Gasteiger partial charge < -0.3 is 20.1 Å². The molecule has 0 radical (unpaired) electrons. The van der Waals surface area contributed by atoms with Crippen LogP contribution in [0.5, 0.6) is 5.75 Å². The standard InChI is InChI=1S/C17H23N5O2/c1-23-14-5-2-4-13(10-14)7-8-18-16-12-20-22-17(21-16)19-11-15-6-3-9-24-15/h2,4-5,10,12,15H,3,6-9,11H2,1H3,(H2,18,19,21,22). The van der Waals surface area contributed by atoms with Crippen molar-refractivity contribution in [3.63, 3.8) is 0 Å². The van der Waals surface area contributed by atoms with Crippen molar-refractivity contribution in [2.45, 2.75) is 25.4 Å². The van der Waals surface area contributed by atoms with Crippen molar-refractivity contribution in [3.05, 3.63) is 36.0 Å². The Morgan fingerprint density at radius 2 is 2.29 bits per heavy atom. The largest absolute Gasteiger partial charge is 0.497 e. The minimum atomic E-state index is 0.248. The molecule has 2 heterocycles. The van der Waals surface area contributed by atoms with E-state index in [1.165, 1.54) is 5.56 Å². The monoisotopic (exact) mass is 329 g/mol. The molecule has 128 valence electrons. The SMILES string of the molecule is COc1cccc(CCNc2cnnc(NCC3CCCO3)n2)c1. The molecule has 1 fully saturated rings. The number of ether oxygens (including phenoxy) is 2. The summed E-state index contributed by atoms with van der Waals surface area (Å²) in [6, 6.07) is 8.05. The third-order valence-electron chi connectivity index (χ3n) is 3.92. The van der Waals surface area contributed by atoms with Crippen LogP contribution < -0.4 is 15.4 Å². The number of aromatic nitrogens is 3. The zero-order valence-electron chi connectivity index (χ0n) is 13.9. The molecule has 2 aromatic rings. The zero-order valence-corrected chi connectivity index (χ0v) is 13.9. The predicted molar refractivity (Wildman–Crippen MR) is 92.5 cm³/mol. The van der Waals surface area contributed by atoms with E-state index in [2.05, 4.69) is 31.9 Å². The van der Waals surface area contributed by atoms with Gasteiger partial charge in [0, 0.05) is 19.7 Å². The first-order valence-electron chi connectivity index (χ1n) is 8.25. The molecular weight excluding hydrogens is 306 g/mol. The predicted octanol–water partition coefficient (Wildman–Crippen LogP) is 2.13. The summed E-state index contributed by atoms with van der Waals surface area (Å²) in [5, 5.41) is 14.4. The summed E-state index contributed by atoms with van der Waals surface area (Å²) in [6.07, 6.45) is 4.96. The highest BCUT2D eigenvalue weighted by atomic mass is 16.5. The molecule has 0 aliphatic carbocycles. The summed E-state index contributed by atoms with van der Waals surface area (Å²) in [7, 11) is 1.68. The normalized spacial score (nSPS) is 16.8. The van der Waals surface area contributed by atoms with Crippen LogP contribution in [-0.2, 0) is 11.2 Å². The maximum Gasteiger partial charge on any atom is 0.244 e. The summed E-state index contributed by atoms with van der Waals surface area (Å²) in [5.41, 5.74) is 1.21. The molecule has 7 heteroatoms. The molecule has 0 saturated carbocycles. The molecule has 0 amide bonds. The summed E-state index contributed by atoms with van der Waals surface area (Å²) in [5.74, 6) is 2.11. The van der Waals surface area contributed by atoms with E-state index in [0.29, 0.717) is 11.8 Å². The topological polar surface area (TPSA) is 81.2 Å². The Labute approximate surface area is 141 Å². The van der Waals surface area contributed by atoms with Crippen molar-refractivity contribution >= 4 is 11.8 Å². The lowest BCUT2D eigenvalue weighted by Crippen LogP contribution is -2.20. The van der Waals surface area contributed by atoms with Gasteiger partial charge in [-0.3, -0.25) is 0 Å². The second-order valence-electron chi connectivity index (χ2n) is 5.71. The fourth-order valence-electron chi connectivity index (χ4n) is 2.64. The van der Waals surface area contributed by atoms with Gasteiger partial charge in [0.25, 0.3) is 0 Å². The smallest absolute Gasteiger partial charge is 0.244 e. The van der Waals surface area contributed by atoms with Crippen molar-refractivity contribution < 1.29 is 9.47 Å². The van der Waals surface area contributed by atoms with Gasteiger partial charge in [0.1, 0.15) is 5.75 Å². The van der Waals surface area contributed by atoms with E-state index in [9.17, 15) is 0 Å². The minimum absolute atomic E-state index is 0.248. The molecule has 1 aromatic carbocycles. The van der Waals surface area contributed by atoms with Crippen LogP contribution in [0.4, 0.5) is 11.8 Å². The first kappa shape index (κ1) is 16.4. The summed E-state index contributed by atoms with van der Waals surface area (Å²) in [4.78, 5) is 4.42. The highest BCUT2D eigenvalue weighted by Gasteiger charge is 2.15. The average molecular weight is 329 g/mol. The van der Waals surface area contributed by atoms with Gasteiger partial charge in [-0.2, -0.15) is 10.1 Å². The highest BCUT2D eigenvalue weighted by molar-refractivity contribution is 5.37. The Hall–Kier alpha value is -2.41. The van der Waals surface area contributed by atoms with Crippen molar-refractivity contribution in [1.82, 2.24) is 15.2 Å². The van der Waals surface area contributed by atoms with Crippen molar-refractivity contribution in [1.29, 1.82) is 0 Å². The van der Waals surface area contributed by atoms with Gasteiger partial charge >= 0.3 is 0 Å². The Kier molecular flexibility index (Phi) is 5.79. The summed E-state index contributed by atoms with van der Waals surface area (Å²) >= 11 is 0. The van der Waals surface area contributed by atoms with Crippen molar-refractivity contribution in [2.24, 2.45) is 0 Å². The molecule has 1 aliphatic rings. The Bertz CT molecular complexity index is 646. The quantitative estimate of drug-likeness (QED) is 0.768. The number of nitrogens with one attached hydrogen (secondary N) is 2. The van der Waals surface area contributed by atoms with Crippen molar-refractivity contribution in [3.8, 4) is 5.75 Å². The van der Waals surface area contributed by atoms with Gasteiger partial charge in [0.15, 0.2) is 5.82 Å². The number of anilines is 2. The summed E-state index contributed by atoms with van der Waals surface area (Å²) < 4.78 is 10.8. The minimum Gasteiger partial charge on any atom is -0.497 e. The molecule has 7 nitrogen and oxygen atoms in total. The van der Waals surface area contributed by atoms with Crippen LogP contribution in [0.25, 0.3) is 0 Å². The van der Waals surface area contributed by atoms with E-state index in [4.69, 9.17) is 9.47 Å². The van der Waals surface area contributed by atoms with Crippen LogP contribution in [0.1, 0.15) is 18.4 Å². The molecule has 3 rings (SSSR count). The Balaban J connectivity index is 1.47. The van der Waals surface area contributed by atoms with E-state index in [1.807, 2.05) is 18.2 Å². The highest BCUT2D eigenvalue weighted by Crippen LogP contribution is 2.14. The molecule has 1 aliphatic heterocycles. The third kappa shape index (κ3) is 4.79. The van der Waals surface area contributed by atoms with E-state index in [1.54, 1.807) is 13.3 Å². The molecule has 2 N–H and O–H groups in total. The van der Waals surface area contributed by atoms with E-state index in [-0.39, 0.29) is 6.10 Å². The van der Waals surface area contributed by atoms with Crippen LogP contribution in [-0.4, -0.2) is 48.1 Å². The fraction of sp³-hybridized carbons (Fsp3) is 0.471. The van der Waals surface area contributed by atoms with Crippen LogP contribution >= 0.6 is 0 Å². The van der Waals surface area contributed by atoms with Crippen LogP contribution in [0.15, 0.2) is 30.5 Å². The van der Waals surface area contributed by atoms with Gasteiger partial charge in [-0.25, -0.2) is 0 Å². The first-order chi connectivity index (χ1) is 11.8. The lowest BCUT2D eigenvalue weighted by atomic mass is 10.1. The fourth-order valence-corrected chi connectivity index (χ4v) is 2.64. The molecule has 1 aromatic heterocycles. The number of hydrogen-bond donors (Lipinski definition) is 2. The van der Waals surface area contributed by atoms with Crippen molar-refractivity contribution in [2.75, 3.05) is 37.4 Å². The zero-order chi connectivity index (χ0) is 16.6. The van der Waals surface area contributed by atoms with Gasteiger partial charge in [0.05, 0.1) is 19.4 Å². The second kappa shape index (κ2) is 8.44. The van der Waals surface area contributed by atoms with Crippen LogP contribution in [0.2, 0.25) is 0 Å². The molecule has 0 bridgehead atoms. The molecule has 0 spiro atoms. The van der Waals surface area contributed by atoms with E-state index < -0.39 is 0 Å². The van der Waals surface area contributed by atoms with E-state index >= 15 is 0 Å². The number of rotatable bonds is 8. The second-order valence-corrected chi connectivity index (χ2v) is 5.71. The number of methoxy groups -OCH3 is 1. The molecule has 24 heavy (non-hydrogen) atoms. The van der Waals surface area contributed by atoms with Crippen LogP contribution in [0.3, 0.4) is 0 Å². The maximum atomic E-state index is 5.57. The third-order valence-corrected chi connectivity index (χ3v) is 3.92. The lowest BCUT2D eigenvalue weighted by molar-refractivity contribution is 0.120. The summed E-state index contributed by atoms with van der Waals surface area (Å²) in [6.45, 7) is 2.32. The van der Waals surface area contributed by atoms with Crippen LogP contribution in [0, 0.1) is 0 Å². The van der Waals surface area contributed by atoms with Gasteiger partial charge in [-0.1, -0.05) is 12.1 Å². The number of benzene rings is 1. The molecule has 1 saturated heterocycles. The first-order valence-corrected chi connectivity index (χ1v) is 8.25.